The number of hydrogen-bond donors (Lipinski definition) is 1. The number of anilines is 1. The zero-order valence-electron chi connectivity index (χ0n) is 25.3. The van der Waals surface area contributed by atoms with Gasteiger partial charge in [0.1, 0.15) is 24.1 Å². The molecule has 0 saturated carbocycles. The topological polar surface area (TPSA) is 96.0 Å². The number of para-hydroxylation sites is 1. The van der Waals surface area contributed by atoms with Crippen LogP contribution in [0.3, 0.4) is 0 Å². The summed E-state index contributed by atoms with van der Waals surface area (Å²) < 4.78 is 33.0. The lowest BCUT2D eigenvalue weighted by Gasteiger charge is -2.33. The Morgan fingerprint density at radius 3 is 1.98 bits per heavy atom. The Labute approximate surface area is 260 Å². The number of carbonyl (C=O) groups is 2. The Hall–Kier alpha value is -4.63. The van der Waals surface area contributed by atoms with Gasteiger partial charge in [0, 0.05) is 19.5 Å². The quantitative estimate of drug-likeness (QED) is 0.196. The third-order valence-corrected chi connectivity index (χ3v) is 8.22. The van der Waals surface area contributed by atoms with E-state index in [1.807, 2.05) is 98.8 Å². The highest BCUT2D eigenvalue weighted by Crippen LogP contribution is 2.26. The van der Waals surface area contributed by atoms with E-state index in [1.54, 1.807) is 24.3 Å². The smallest absolute Gasteiger partial charge is 0.244 e. The molecule has 8 nitrogen and oxygen atoms in total. The standard InChI is InChI=1S/C35H39N3O5S/c1-4-23-36-35(40)33(24-28-11-7-5-8-12-28)37(25-29-17-15-27(2)16-18-29)34(39)26-38(44(3,41)42)30-19-21-32(22-20-30)43-31-13-9-6-10-14-31/h5-22,33H,4,23-26H2,1-3H3,(H,36,40)/t33-/m0/s1. The summed E-state index contributed by atoms with van der Waals surface area (Å²) in [4.78, 5) is 29.3. The fraction of sp³-hybridized carbons (Fsp3) is 0.257. The first kappa shape index (κ1) is 32.3. The lowest BCUT2D eigenvalue weighted by atomic mass is 10.0. The van der Waals surface area contributed by atoms with Crippen molar-refractivity contribution >= 4 is 27.5 Å². The normalized spacial score (nSPS) is 11.8. The average molecular weight is 614 g/mol. The first-order chi connectivity index (χ1) is 21.1. The van der Waals surface area contributed by atoms with Gasteiger partial charge in [0.25, 0.3) is 0 Å². The molecule has 2 amide bonds. The SMILES string of the molecule is CCCNC(=O)[C@H](Cc1ccccc1)N(Cc1ccc(C)cc1)C(=O)CN(c1ccc(Oc2ccccc2)cc1)S(C)(=O)=O. The molecule has 4 aromatic carbocycles. The Morgan fingerprint density at radius 2 is 1.39 bits per heavy atom. The number of nitrogens with zero attached hydrogens (tertiary/aromatic N) is 2. The molecule has 0 heterocycles. The molecule has 1 N–H and O–H groups in total. The van der Waals surface area contributed by atoms with Gasteiger partial charge >= 0.3 is 0 Å². The monoisotopic (exact) mass is 613 g/mol. The number of ether oxygens (including phenoxy) is 1. The molecule has 44 heavy (non-hydrogen) atoms. The Morgan fingerprint density at radius 1 is 0.795 bits per heavy atom. The van der Waals surface area contributed by atoms with Crippen LogP contribution in [-0.2, 0) is 32.6 Å². The van der Waals surface area contributed by atoms with Crippen molar-refractivity contribution in [3.8, 4) is 11.5 Å². The highest BCUT2D eigenvalue weighted by molar-refractivity contribution is 7.92. The van der Waals surface area contributed by atoms with Crippen LogP contribution in [0.1, 0.15) is 30.0 Å². The number of benzene rings is 4. The van der Waals surface area contributed by atoms with Gasteiger partial charge in [-0.25, -0.2) is 8.42 Å². The van der Waals surface area contributed by atoms with Crippen LogP contribution in [0, 0.1) is 6.92 Å². The van der Waals surface area contributed by atoms with E-state index in [9.17, 15) is 18.0 Å². The maximum atomic E-state index is 14.2. The van der Waals surface area contributed by atoms with Crippen molar-refractivity contribution in [1.29, 1.82) is 0 Å². The number of aryl methyl sites for hydroxylation is 1. The third kappa shape index (κ3) is 9.18. The molecule has 0 aliphatic carbocycles. The Kier molecular flexibility index (Phi) is 11.2. The summed E-state index contributed by atoms with van der Waals surface area (Å²) in [5.41, 5.74) is 3.10. The van der Waals surface area contributed by atoms with Crippen LogP contribution >= 0.6 is 0 Å². The minimum absolute atomic E-state index is 0.137. The molecule has 0 saturated heterocycles. The van der Waals surface area contributed by atoms with Gasteiger partial charge in [-0.3, -0.25) is 13.9 Å². The molecule has 0 spiro atoms. The largest absolute Gasteiger partial charge is 0.457 e. The fourth-order valence-electron chi connectivity index (χ4n) is 4.73. The molecule has 0 aromatic heterocycles. The van der Waals surface area contributed by atoms with Gasteiger partial charge in [0.05, 0.1) is 11.9 Å². The van der Waals surface area contributed by atoms with Gasteiger partial charge in [-0.15, -0.1) is 0 Å². The van der Waals surface area contributed by atoms with Crippen LogP contribution < -0.4 is 14.4 Å². The molecule has 0 unspecified atom stereocenters. The number of nitrogens with one attached hydrogen (secondary N) is 1. The summed E-state index contributed by atoms with van der Waals surface area (Å²) >= 11 is 0. The van der Waals surface area contributed by atoms with Gasteiger partial charge in [-0.05, 0) is 60.9 Å². The average Bonchev–Trinajstić information content (AvgIpc) is 3.02. The molecule has 0 fully saturated rings. The van der Waals surface area contributed by atoms with Gasteiger partial charge in [0.2, 0.25) is 21.8 Å². The van der Waals surface area contributed by atoms with E-state index >= 15 is 0 Å². The fourth-order valence-corrected chi connectivity index (χ4v) is 5.58. The van der Waals surface area contributed by atoms with Crippen LogP contribution in [0.2, 0.25) is 0 Å². The third-order valence-electron chi connectivity index (χ3n) is 7.08. The van der Waals surface area contributed by atoms with Crippen molar-refractivity contribution in [2.24, 2.45) is 0 Å². The van der Waals surface area contributed by atoms with Crippen LogP contribution in [0.4, 0.5) is 5.69 Å². The van der Waals surface area contributed by atoms with E-state index in [4.69, 9.17) is 4.74 Å². The summed E-state index contributed by atoms with van der Waals surface area (Å²) in [5.74, 6) is 0.391. The highest BCUT2D eigenvalue weighted by atomic mass is 32.2. The molecule has 4 aromatic rings. The molecule has 1 atom stereocenters. The molecule has 0 aliphatic heterocycles. The number of hydrogen-bond acceptors (Lipinski definition) is 5. The van der Waals surface area contributed by atoms with Crippen molar-refractivity contribution < 1.29 is 22.7 Å². The van der Waals surface area contributed by atoms with Crippen LogP contribution in [0.5, 0.6) is 11.5 Å². The Bertz CT molecular complexity index is 1610. The van der Waals surface area contributed by atoms with Crippen molar-refractivity contribution in [3.05, 3.63) is 126 Å². The number of rotatable bonds is 14. The van der Waals surface area contributed by atoms with E-state index in [1.165, 1.54) is 4.90 Å². The summed E-state index contributed by atoms with van der Waals surface area (Å²) in [7, 11) is -3.87. The van der Waals surface area contributed by atoms with E-state index in [-0.39, 0.29) is 18.9 Å². The molecule has 0 bridgehead atoms. The predicted molar refractivity (Wildman–Crippen MR) is 174 cm³/mol. The maximum Gasteiger partial charge on any atom is 0.244 e. The van der Waals surface area contributed by atoms with Crippen molar-refractivity contribution in [1.82, 2.24) is 10.2 Å². The molecule has 4 rings (SSSR count). The number of carbonyl (C=O) groups excluding carboxylic acids is 2. The molecular weight excluding hydrogens is 574 g/mol. The second-order valence-electron chi connectivity index (χ2n) is 10.7. The molecule has 230 valence electrons. The second-order valence-corrected chi connectivity index (χ2v) is 12.6. The minimum Gasteiger partial charge on any atom is -0.457 e. The van der Waals surface area contributed by atoms with Gasteiger partial charge in [0.15, 0.2) is 0 Å². The van der Waals surface area contributed by atoms with Crippen LogP contribution in [0.25, 0.3) is 0 Å². The van der Waals surface area contributed by atoms with E-state index < -0.39 is 28.5 Å². The predicted octanol–water partition coefficient (Wildman–Crippen LogP) is 5.72. The van der Waals surface area contributed by atoms with Crippen LogP contribution in [-0.4, -0.2) is 50.5 Å². The first-order valence-corrected chi connectivity index (χ1v) is 16.5. The van der Waals surface area contributed by atoms with Crippen molar-refractivity contribution in [2.75, 3.05) is 23.7 Å². The van der Waals surface area contributed by atoms with Gasteiger partial charge < -0.3 is 15.0 Å². The van der Waals surface area contributed by atoms with Crippen molar-refractivity contribution in [3.63, 3.8) is 0 Å². The van der Waals surface area contributed by atoms with Gasteiger partial charge in [-0.2, -0.15) is 0 Å². The zero-order chi connectivity index (χ0) is 31.5. The van der Waals surface area contributed by atoms with E-state index in [0.29, 0.717) is 23.7 Å². The maximum absolute atomic E-state index is 14.2. The van der Waals surface area contributed by atoms with Crippen LogP contribution in [0.15, 0.2) is 109 Å². The second kappa shape index (κ2) is 15.2. The molecule has 0 aliphatic rings. The Balaban J connectivity index is 1.66. The highest BCUT2D eigenvalue weighted by Gasteiger charge is 2.33. The molecule has 9 heteroatoms. The summed E-state index contributed by atoms with van der Waals surface area (Å²) in [6.45, 7) is 4.06. The molecular formula is C35H39N3O5S. The van der Waals surface area contributed by atoms with Gasteiger partial charge in [-0.1, -0.05) is 85.3 Å². The van der Waals surface area contributed by atoms with Crippen molar-refractivity contribution in [2.45, 2.75) is 39.3 Å². The summed E-state index contributed by atoms with van der Waals surface area (Å²) in [6.07, 6.45) is 2.08. The first-order valence-electron chi connectivity index (χ1n) is 14.6. The minimum atomic E-state index is -3.87. The van der Waals surface area contributed by atoms with E-state index in [2.05, 4.69) is 5.32 Å². The number of amides is 2. The lowest BCUT2D eigenvalue weighted by molar-refractivity contribution is -0.140. The summed E-state index contributed by atoms with van der Waals surface area (Å²) in [6, 6.07) is 32.1. The lowest BCUT2D eigenvalue weighted by Crippen LogP contribution is -2.53. The molecule has 0 radical (unpaired) electrons. The van der Waals surface area contributed by atoms with E-state index in [0.717, 1.165) is 33.7 Å². The zero-order valence-corrected chi connectivity index (χ0v) is 26.2. The number of sulfonamides is 1. The summed E-state index contributed by atoms with van der Waals surface area (Å²) in [5, 5.41) is 2.95.